The molecule has 0 saturated heterocycles. The van der Waals surface area contributed by atoms with Crippen molar-refractivity contribution < 1.29 is 65.8 Å². The smallest absolute Gasteiger partial charge is 0.186 e. The van der Waals surface area contributed by atoms with E-state index in [1.807, 2.05) is 0 Å². The average molecular weight is 590 g/mol. The van der Waals surface area contributed by atoms with Gasteiger partial charge in [0.1, 0.15) is 13.1 Å². The van der Waals surface area contributed by atoms with Crippen molar-refractivity contribution in [2.45, 2.75) is 31.9 Å². The second-order valence-corrected chi connectivity index (χ2v) is 18.5. The van der Waals surface area contributed by atoms with Crippen molar-refractivity contribution in [3.05, 3.63) is 0 Å². The van der Waals surface area contributed by atoms with Gasteiger partial charge >= 0.3 is 0 Å². The first-order chi connectivity index (χ1) is 9.12. The number of rotatable bonds is 10. The predicted octanol–water partition coefficient (Wildman–Crippen LogP) is -3.61. The molecule has 23 heavy (non-hydrogen) atoms. The largest absolute Gasteiger partial charge is 1.00 e. The van der Waals surface area contributed by atoms with Crippen LogP contribution in [0, 0.1) is 0 Å². The van der Waals surface area contributed by atoms with Gasteiger partial charge in [-0.3, -0.25) is 0 Å². The zero-order valence-electron chi connectivity index (χ0n) is 17.0. The van der Waals surface area contributed by atoms with Crippen LogP contribution >= 0.6 is 0 Å². The molecule has 0 fully saturated rings. The van der Waals surface area contributed by atoms with Gasteiger partial charge in [-0.15, -0.1) is 0 Å². The fourth-order valence-corrected chi connectivity index (χ4v) is 12.6. The lowest BCUT2D eigenvalue weighted by atomic mass is 10.5. The van der Waals surface area contributed by atoms with Crippen molar-refractivity contribution in [1.29, 1.82) is 0 Å². The van der Waals surface area contributed by atoms with E-state index >= 15 is 0 Å². The molecule has 0 unspecified atom stereocenters. The molecule has 0 aromatic heterocycles. The monoisotopic (exact) mass is 590 g/mol. The average Bonchev–Trinajstić information content (AvgIpc) is 2.09. The number of hydrogen-bond acceptors (Lipinski definition) is 2. The summed E-state index contributed by atoms with van der Waals surface area (Å²) in [4.78, 5) is 0. The third-order valence-corrected chi connectivity index (χ3v) is 12.1. The van der Waals surface area contributed by atoms with Crippen molar-refractivity contribution in [1.82, 2.24) is 0 Å². The number of quaternary nitrogens is 2. The zero-order valence-corrected chi connectivity index (χ0v) is 23.3. The second-order valence-electron chi connectivity index (χ2n) is 9.42. The van der Waals surface area contributed by atoms with E-state index in [1.165, 1.54) is 5.67 Å². The van der Waals surface area contributed by atoms with E-state index in [-0.39, 0.29) is 48.0 Å². The van der Waals surface area contributed by atoms with Crippen LogP contribution in [0.15, 0.2) is 0 Å². The van der Waals surface area contributed by atoms with Gasteiger partial charge < -0.3 is 65.8 Å². The van der Waals surface area contributed by atoms with Gasteiger partial charge in [0.05, 0.1) is 55.5 Å². The number of halogens is 2. The Bertz CT molecular complexity index is 288. The quantitative estimate of drug-likeness (QED) is 0.149. The molecule has 0 aromatic rings. The van der Waals surface area contributed by atoms with Crippen LogP contribution in [0.5, 0.6) is 0 Å². The van der Waals surface area contributed by atoms with Gasteiger partial charge in [0.15, 0.2) is 16.6 Å². The Kier molecular flexibility index (Phi) is 14.7. The summed E-state index contributed by atoms with van der Waals surface area (Å²) in [5.74, 6) is 0. The molecule has 0 radical (unpaired) electrons. The first-order valence-electron chi connectivity index (χ1n) is 8.01. The van der Waals surface area contributed by atoms with Crippen LogP contribution in [0.1, 0.15) is 0 Å². The molecule has 0 rings (SSSR count). The lowest BCUT2D eigenvalue weighted by Gasteiger charge is -2.33. The van der Waals surface area contributed by atoms with Gasteiger partial charge in [0.2, 0.25) is 0 Å². The van der Waals surface area contributed by atoms with Gasteiger partial charge in [-0.05, 0) is 31.9 Å². The summed E-state index contributed by atoms with van der Waals surface area (Å²) >= 11 is 0. The molecule has 144 valence electrons. The Morgan fingerprint density at radius 1 is 0.609 bits per heavy atom. The molecule has 8 heteroatoms. The van der Waals surface area contributed by atoms with E-state index in [4.69, 9.17) is 8.85 Å². The lowest BCUT2D eigenvalue weighted by Crippen LogP contribution is -3.00. The highest BCUT2D eigenvalue weighted by molar-refractivity contribution is 6.89. The Morgan fingerprint density at radius 2 is 0.870 bits per heavy atom. The third-order valence-electron chi connectivity index (χ3n) is 3.36. The van der Waals surface area contributed by atoms with E-state index in [0.29, 0.717) is 0 Å². The molecule has 0 aliphatic rings. The summed E-state index contributed by atoms with van der Waals surface area (Å²) in [6, 6.07) is 0. The zero-order chi connectivity index (χ0) is 16.9. The molecule has 0 aliphatic carbocycles. The minimum absolute atomic E-state index is 0. The van der Waals surface area contributed by atoms with Crippen molar-refractivity contribution in [3.63, 3.8) is 0 Å². The van der Waals surface area contributed by atoms with Crippen LogP contribution in [0.3, 0.4) is 0 Å². The van der Waals surface area contributed by atoms with Crippen LogP contribution in [-0.2, 0) is 8.85 Å². The summed E-state index contributed by atoms with van der Waals surface area (Å²) in [6.45, 7) is 13.2. The summed E-state index contributed by atoms with van der Waals surface area (Å²) in [5, 5.41) is 0. The molecule has 0 saturated carbocycles. The van der Waals surface area contributed by atoms with E-state index in [1.54, 1.807) is 0 Å². The SMILES string of the molecule is C[N+](C)(C)CCO[Si](C)(C)C[Si](C)(C)OCC[N+](C)(C)C.[I-].[I-]. The van der Waals surface area contributed by atoms with Gasteiger partial charge in [-0.1, -0.05) is 0 Å². The van der Waals surface area contributed by atoms with E-state index in [0.717, 1.165) is 35.3 Å². The van der Waals surface area contributed by atoms with Crippen LogP contribution < -0.4 is 48.0 Å². The van der Waals surface area contributed by atoms with Crippen molar-refractivity contribution in [3.8, 4) is 0 Å². The maximum absolute atomic E-state index is 6.26. The second kappa shape index (κ2) is 11.4. The highest BCUT2D eigenvalue weighted by atomic mass is 127. The first kappa shape index (κ1) is 29.5. The molecule has 0 atom stereocenters. The molecule has 0 spiro atoms. The van der Waals surface area contributed by atoms with Crippen LogP contribution in [0.4, 0.5) is 0 Å². The third kappa shape index (κ3) is 19.9. The lowest BCUT2D eigenvalue weighted by molar-refractivity contribution is -0.870. The molecular weight excluding hydrogens is 550 g/mol. The van der Waals surface area contributed by atoms with Gasteiger partial charge in [0, 0.05) is 0 Å². The number of hydrogen-bond donors (Lipinski definition) is 0. The highest BCUT2D eigenvalue weighted by Crippen LogP contribution is 2.22. The van der Waals surface area contributed by atoms with Crippen molar-refractivity contribution in [2.24, 2.45) is 0 Å². The number of nitrogens with zero attached hydrogens (tertiary/aromatic N) is 2. The van der Waals surface area contributed by atoms with Crippen LogP contribution in [0.2, 0.25) is 31.9 Å². The molecule has 0 aliphatic heterocycles. The maximum Gasteiger partial charge on any atom is 0.186 e. The molecule has 0 heterocycles. The molecule has 0 bridgehead atoms. The predicted molar refractivity (Wildman–Crippen MR) is 97.5 cm³/mol. The first-order valence-corrected chi connectivity index (χ1v) is 14.2. The Balaban J connectivity index is -0.00000200. The van der Waals surface area contributed by atoms with E-state index in [2.05, 4.69) is 68.5 Å². The standard InChI is InChI=1S/C15H40N2O2Si2.2HI/c1-16(2,3)11-13-18-20(7,8)15-21(9,10)19-14-12-17(4,5)6;;/h11-15H2,1-10H3;2*1H/q+2;;/p-2. The minimum Gasteiger partial charge on any atom is -1.00 e. The van der Waals surface area contributed by atoms with Crippen LogP contribution in [-0.4, -0.2) is 94.2 Å². The highest BCUT2D eigenvalue weighted by Gasteiger charge is 2.35. The van der Waals surface area contributed by atoms with Gasteiger partial charge in [-0.25, -0.2) is 0 Å². The summed E-state index contributed by atoms with van der Waals surface area (Å²) in [5.41, 5.74) is 1.17. The summed E-state index contributed by atoms with van der Waals surface area (Å²) in [6.07, 6.45) is 0. The minimum atomic E-state index is -1.61. The Labute approximate surface area is 181 Å². The molecular formula is C15H40I2N2O2Si2. The molecule has 0 N–H and O–H groups in total. The Morgan fingerprint density at radius 3 is 1.09 bits per heavy atom. The summed E-state index contributed by atoms with van der Waals surface area (Å²) < 4.78 is 14.5. The van der Waals surface area contributed by atoms with Crippen molar-refractivity contribution in [2.75, 3.05) is 68.6 Å². The number of likely N-dealkylation sites (N-methyl/N-ethyl adjacent to an activating group) is 2. The topological polar surface area (TPSA) is 18.5 Å². The molecule has 0 aromatic carbocycles. The molecule has 4 nitrogen and oxygen atoms in total. The maximum atomic E-state index is 6.26. The van der Waals surface area contributed by atoms with Gasteiger partial charge in [-0.2, -0.15) is 0 Å². The Hall–Kier alpha value is 1.73. The molecule has 0 amide bonds. The van der Waals surface area contributed by atoms with Gasteiger partial charge in [0.25, 0.3) is 0 Å². The fraction of sp³-hybridized carbons (Fsp3) is 1.00. The van der Waals surface area contributed by atoms with E-state index in [9.17, 15) is 0 Å². The van der Waals surface area contributed by atoms with E-state index < -0.39 is 16.6 Å². The van der Waals surface area contributed by atoms with Crippen LogP contribution in [0.25, 0.3) is 0 Å². The fourth-order valence-electron chi connectivity index (χ4n) is 2.32. The van der Waals surface area contributed by atoms with Crippen molar-refractivity contribution >= 4 is 16.6 Å². The normalized spacial score (nSPS) is 13.3. The summed E-state index contributed by atoms with van der Waals surface area (Å²) in [7, 11) is 10.1.